The molecule has 4 amide bonds. The Morgan fingerprint density at radius 2 is 1.04 bits per heavy atom. The van der Waals surface area contributed by atoms with Crippen molar-refractivity contribution in [1.82, 2.24) is 58.3 Å². The van der Waals surface area contributed by atoms with Crippen molar-refractivity contribution in [1.29, 1.82) is 0 Å². The Morgan fingerprint density at radius 1 is 0.627 bits per heavy atom. The summed E-state index contributed by atoms with van der Waals surface area (Å²) in [6.07, 6.45) is 7.35. The summed E-state index contributed by atoms with van der Waals surface area (Å²) in [4.78, 5) is 65.7. The summed E-state index contributed by atoms with van der Waals surface area (Å²) in [5.41, 5.74) is 0.625. The lowest BCUT2D eigenvalue weighted by Crippen LogP contribution is -2.51. The summed E-state index contributed by atoms with van der Waals surface area (Å²) in [5.74, 6) is 0.864. The second-order valence-electron chi connectivity index (χ2n) is 17.5. The van der Waals surface area contributed by atoms with Crippen LogP contribution < -0.4 is 15.9 Å². The SMILES string of the molecule is CN(C)C(=O)N1CCC(O)(Cn2cnc3c(cnn3-c3ccc(O)cc3)c2=O)CC1.CN(C)C(=O)N1CCC(O)(Cn2cnc3c(cnn3-c3ccc(OCc4ccccc4)cc3)c2=O)CC1. The fourth-order valence-corrected chi connectivity index (χ4v) is 8.26. The molecule has 2 fully saturated rings. The van der Waals surface area contributed by atoms with E-state index in [1.54, 1.807) is 54.8 Å². The molecule has 20 nitrogen and oxygen atoms in total. The van der Waals surface area contributed by atoms with E-state index in [-0.39, 0.29) is 42.0 Å². The number of aliphatic hydroxyl groups is 2. The Hall–Kier alpha value is -7.58. The molecule has 0 unspecified atom stereocenters. The number of carbonyl (C=O) groups is 2. The van der Waals surface area contributed by atoms with Gasteiger partial charge in [-0.3, -0.25) is 18.7 Å². The first-order chi connectivity index (χ1) is 32.1. The van der Waals surface area contributed by atoms with Gasteiger partial charge < -0.3 is 39.7 Å². The zero-order chi connectivity index (χ0) is 47.5. The van der Waals surface area contributed by atoms with E-state index in [0.717, 1.165) is 17.0 Å². The van der Waals surface area contributed by atoms with Gasteiger partial charge >= 0.3 is 12.1 Å². The first-order valence-electron chi connectivity index (χ1n) is 21.9. The van der Waals surface area contributed by atoms with Gasteiger partial charge in [0.05, 0.1) is 48.1 Å². The van der Waals surface area contributed by atoms with Crippen molar-refractivity contribution in [3.05, 3.63) is 130 Å². The van der Waals surface area contributed by atoms with Gasteiger partial charge in [-0.25, -0.2) is 28.9 Å². The van der Waals surface area contributed by atoms with E-state index in [1.165, 1.54) is 60.8 Å². The molecular formula is C47H54N12O8. The maximum absolute atomic E-state index is 13.2. The van der Waals surface area contributed by atoms with Crippen LogP contribution >= 0.6 is 0 Å². The maximum atomic E-state index is 13.2. The lowest BCUT2D eigenvalue weighted by Gasteiger charge is -2.39. The van der Waals surface area contributed by atoms with Gasteiger partial charge in [-0.1, -0.05) is 30.3 Å². The third-order valence-electron chi connectivity index (χ3n) is 12.2. The number of benzene rings is 3. The molecule has 350 valence electrons. The number of amides is 4. The smallest absolute Gasteiger partial charge is 0.319 e. The number of nitrogens with zero attached hydrogens (tertiary/aromatic N) is 12. The molecule has 2 aliphatic rings. The van der Waals surface area contributed by atoms with Crippen LogP contribution in [0.1, 0.15) is 31.2 Å². The molecule has 20 heteroatoms. The highest BCUT2D eigenvalue weighted by Gasteiger charge is 2.36. The minimum Gasteiger partial charge on any atom is -0.508 e. The van der Waals surface area contributed by atoms with Crippen molar-refractivity contribution in [2.24, 2.45) is 0 Å². The first kappa shape index (κ1) is 46.0. The molecule has 0 saturated carbocycles. The molecule has 3 aromatic carbocycles. The van der Waals surface area contributed by atoms with Crippen molar-refractivity contribution < 1.29 is 29.6 Å². The molecule has 7 aromatic rings. The number of likely N-dealkylation sites (tertiary alicyclic amines) is 2. The van der Waals surface area contributed by atoms with E-state index in [4.69, 9.17) is 4.74 Å². The minimum atomic E-state index is -1.09. The summed E-state index contributed by atoms with van der Waals surface area (Å²) in [6.45, 7) is 2.40. The van der Waals surface area contributed by atoms with E-state index in [1.807, 2.05) is 54.6 Å². The number of phenols is 1. The number of ether oxygens (including phenoxy) is 1. The quantitative estimate of drug-likeness (QED) is 0.190. The highest BCUT2D eigenvalue weighted by atomic mass is 16.5. The number of phenolic OH excluding ortho intramolecular Hbond substituents is 1. The lowest BCUT2D eigenvalue weighted by atomic mass is 9.91. The van der Waals surface area contributed by atoms with Crippen LogP contribution in [-0.2, 0) is 19.7 Å². The highest BCUT2D eigenvalue weighted by Crippen LogP contribution is 2.27. The van der Waals surface area contributed by atoms with Crippen LogP contribution in [0.5, 0.6) is 11.5 Å². The zero-order valence-electron chi connectivity index (χ0n) is 37.8. The van der Waals surface area contributed by atoms with E-state index in [0.29, 0.717) is 86.2 Å². The Balaban J connectivity index is 0.000000186. The normalized spacial score (nSPS) is 15.5. The largest absolute Gasteiger partial charge is 0.508 e. The van der Waals surface area contributed by atoms with Gasteiger partial charge in [-0.15, -0.1) is 0 Å². The Morgan fingerprint density at radius 3 is 1.46 bits per heavy atom. The molecule has 0 aliphatic carbocycles. The number of urea groups is 2. The highest BCUT2D eigenvalue weighted by molar-refractivity contribution is 5.76. The number of fused-ring (bicyclic) bond motifs is 2. The minimum absolute atomic E-state index is 0.0782. The van der Waals surface area contributed by atoms with Crippen LogP contribution in [0.25, 0.3) is 33.4 Å². The van der Waals surface area contributed by atoms with E-state index in [9.17, 15) is 34.5 Å². The van der Waals surface area contributed by atoms with Crippen LogP contribution in [-0.4, -0.2) is 151 Å². The maximum Gasteiger partial charge on any atom is 0.319 e. The Kier molecular flexibility index (Phi) is 13.1. The molecular weight excluding hydrogens is 861 g/mol. The molecule has 3 N–H and O–H groups in total. The van der Waals surface area contributed by atoms with Gasteiger partial charge in [0.25, 0.3) is 11.1 Å². The van der Waals surface area contributed by atoms with E-state index in [2.05, 4.69) is 20.2 Å². The average Bonchev–Trinajstić information content (AvgIpc) is 3.97. The fourth-order valence-electron chi connectivity index (χ4n) is 8.26. The number of hydrogen-bond acceptors (Lipinski definition) is 12. The monoisotopic (exact) mass is 914 g/mol. The number of piperidine rings is 2. The summed E-state index contributed by atoms with van der Waals surface area (Å²) >= 11 is 0. The van der Waals surface area contributed by atoms with Gasteiger partial charge in [0.1, 0.15) is 41.5 Å². The molecule has 9 rings (SSSR count). The van der Waals surface area contributed by atoms with Crippen LogP contribution in [0, 0.1) is 0 Å². The molecule has 0 atom stereocenters. The number of rotatable bonds is 9. The van der Waals surface area contributed by atoms with E-state index >= 15 is 0 Å². The van der Waals surface area contributed by atoms with Gasteiger partial charge in [0.15, 0.2) is 11.3 Å². The van der Waals surface area contributed by atoms with Crippen molar-refractivity contribution in [3.8, 4) is 22.9 Å². The number of aromatic nitrogens is 8. The molecule has 2 aliphatic heterocycles. The first-order valence-corrected chi connectivity index (χ1v) is 21.9. The van der Waals surface area contributed by atoms with Gasteiger partial charge in [0.2, 0.25) is 0 Å². The zero-order valence-corrected chi connectivity index (χ0v) is 37.8. The second-order valence-corrected chi connectivity index (χ2v) is 17.5. The molecule has 67 heavy (non-hydrogen) atoms. The number of carbonyl (C=O) groups excluding carboxylic acids is 2. The summed E-state index contributed by atoms with van der Waals surface area (Å²) < 4.78 is 11.8. The topological polar surface area (TPSA) is 222 Å². The average molecular weight is 915 g/mol. The van der Waals surface area contributed by atoms with E-state index < -0.39 is 11.2 Å². The predicted octanol–water partition coefficient (Wildman–Crippen LogP) is 3.47. The molecule has 4 aromatic heterocycles. The molecule has 2 saturated heterocycles. The third kappa shape index (κ3) is 10.1. The van der Waals surface area contributed by atoms with Crippen LogP contribution in [0.4, 0.5) is 9.59 Å². The third-order valence-corrected chi connectivity index (χ3v) is 12.2. The lowest BCUT2D eigenvalue weighted by molar-refractivity contribution is -0.0288. The standard InChI is InChI=1S/C27H30N6O4.C20H24N6O4/c1-30(2)26(35)31-14-12-27(36,13-15-31)18-32-19-28-24-23(25(32)34)16-29-33(24)21-8-10-22(11-9-21)37-17-20-6-4-3-5-7-20;1-23(2)19(29)24-9-7-20(30,8-10-24)12-25-13-21-17-16(18(25)28)11-22-26(17)14-3-5-15(27)6-4-14/h3-11,16,19,36H,12-15,17-18H2,1-2H3;3-6,11,13,27,30H,7-10,12H2,1-2H3. The summed E-state index contributed by atoms with van der Waals surface area (Å²) in [5, 5.41) is 40.9. The second kappa shape index (κ2) is 19.1. The summed E-state index contributed by atoms with van der Waals surface area (Å²) in [6, 6.07) is 23.7. The van der Waals surface area contributed by atoms with Crippen molar-refractivity contribution in [3.63, 3.8) is 0 Å². The van der Waals surface area contributed by atoms with Crippen molar-refractivity contribution >= 4 is 34.1 Å². The number of hydrogen-bond donors (Lipinski definition) is 3. The molecule has 0 bridgehead atoms. The van der Waals surface area contributed by atoms with Crippen molar-refractivity contribution in [2.75, 3.05) is 54.4 Å². The van der Waals surface area contributed by atoms with Gasteiger partial charge in [-0.05, 0) is 79.8 Å². The summed E-state index contributed by atoms with van der Waals surface area (Å²) in [7, 11) is 6.81. The van der Waals surface area contributed by atoms with Gasteiger partial charge in [0, 0.05) is 54.4 Å². The van der Waals surface area contributed by atoms with Crippen LogP contribution in [0.15, 0.2) is 114 Å². The Bertz CT molecular complexity index is 2970. The molecule has 0 spiro atoms. The van der Waals surface area contributed by atoms with Gasteiger partial charge in [-0.2, -0.15) is 10.2 Å². The van der Waals surface area contributed by atoms with Crippen LogP contribution in [0.3, 0.4) is 0 Å². The van der Waals surface area contributed by atoms with Crippen LogP contribution in [0.2, 0.25) is 0 Å². The predicted molar refractivity (Wildman–Crippen MR) is 248 cm³/mol. The molecule has 0 radical (unpaired) electrons. The fraction of sp³-hybridized carbons (Fsp3) is 0.362. The molecule has 6 heterocycles. The number of aromatic hydroxyl groups is 1. The van der Waals surface area contributed by atoms with Crippen molar-refractivity contribution in [2.45, 2.75) is 56.6 Å². The Labute approximate surface area is 385 Å².